The standard InChI is InChI=1S/C23H24O8/c1-22(2)28-18(24)16(19(25)29-22)14-10-6-5-7-9-8(6)12(14)13(9)15(11(7)10)17-20(26)30-23(3,4)31-21(17)27/h6-14,16H,5H2,1-4H3/t6-,7+,8-,9-,10+,11-,12+,13+,14+/m1/s1. The Morgan fingerprint density at radius 1 is 0.645 bits per heavy atom. The summed E-state index contributed by atoms with van der Waals surface area (Å²) in [5, 5.41) is 0. The highest BCUT2D eigenvalue weighted by Gasteiger charge is 2.84. The predicted molar refractivity (Wildman–Crippen MR) is 99.1 cm³/mol. The highest BCUT2D eigenvalue weighted by Crippen LogP contribution is 2.87. The van der Waals surface area contributed by atoms with Crippen molar-refractivity contribution in [1.29, 1.82) is 0 Å². The number of carbonyl (C=O) groups excluding carboxylic acids is 4. The fourth-order valence-corrected chi connectivity index (χ4v) is 9.01. The lowest BCUT2D eigenvalue weighted by atomic mass is 9.54. The van der Waals surface area contributed by atoms with Crippen LogP contribution in [-0.2, 0) is 38.1 Å². The van der Waals surface area contributed by atoms with Gasteiger partial charge in [0.2, 0.25) is 0 Å². The van der Waals surface area contributed by atoms with Gasteiger partial charge in [-0.1, -0.05) is 0 Å². The molecule has 0 aromatic heterocycles. The molecule has 2 saturated heterocycles. The molecular weight excluding hydrogens is 404 g/mol. The average Bonchev–Trinajstić information content (AvgIpc) is 3.11. The molecule has 7 aliphatic rings. The largest absolute Gasteiger partial charge is 0.422 e. The minimum absolute atomic E-state index is 0.0202. The third kappa shape index (κ3) is 1.90. The smallest absolute Gasteiger partial charge is 0.348 e. The number of carbonyl (C=O) groups is 4. The van der Waals surface area contributed by atoms with E-state index >= 15 is 0 Å². The van der Waals surface area contributed by atoms with Crippen molar-refractivity contribution in [2.75, 3.05) is 0 Å². The van der Waals surface area contributed by atoms with E-state index < -0.39 is 41.4 Å². The summed E-state index contributed by atoms with van der Waals surface area (Å²) in [7, 11) is 0. The Morgan fingerprint density at radius 3 is 1.81 bits per heavy atom. The van der Waals surface area contributed by atoms with Crippen molar-refractivity contribution in [3.8, 4) is 0 Å². The van der Waals surface area contributed by atoms with Gasteiger partial charge in [-0.2, -0.15) is 0 Å². The first-order chi connectivity index (χ1) is 14.5. The molecule has 7 rings (SSSR count). The van der Waals surface area contributed by atoms with Gasteiger partial charge in [0.1, 0.15) is 5.57 Å². The zero-order valence-corrected chi connectivity index (χ0v) is 17.7. The first kappa shape index (κ1) is 18.2. The Hall–Kier alpha value is -2.38. The molecule has 31 heavy (non-hydrogen) atoms. The zero-order valence-electron chi connectivity index (χ0n) is 17.7. The number of fused-ring (bicyclic) bond motifs is 2. The van der Waals surface area contributed by atoms with E-state index in [1.165, 1.54) is 0 Å². The average molecular weight is 428 g/mol. The molecule has 164 valence electrons. The van der Waals surface area contributed by atoms with Crippen molar-refractivity contribution >= 4 is 23.9 Å². The normalized spacial score (nSPS) is 49.7. The van der Waals surface area contributed by atoms with Crippen molar-refractivity contribution in [3.05, 3.63) is 11.1 Å². The monoisotopic (exact) mass is 428 g/mol. The summed E-state index contributed by atoms with van der Waals surface area (Å²) in [6.07, 6.45) is 1.03. The van der Waals surface area contributed by atoms with Crippen LogP contribution in [0.1, 0.15) is 34.1 Å². The Bertz CT molecular complexity index is 994. The summed E-state index contributed by atoms with van der Waals surface area (Å²) < 4.78 is 21.7. The lowest BCUT2D eigenvalue weighted by Crippen LogP contribution is -2.55. The molecule has 0 aromatic carbocycles. The van der Waals surface area contributed by atoms with Crippen LogP contribution in [0.4, 0.5) is 0 Å². The molecule has 0 unspecified atom stereocenters. The van der Waals surface area contributed by atoms with E-state index in [-0.39, 0.29) is 35.2 Å². The van der Waals surface area contributed by atoms with E-state index in [9.17, 15) is 19.2 Å². The van der Waals surface area contributed by atoms with Crippen molar-refractivity contribution < 1.29 is 38.1 Å². The Morgan fingerprint density at radius 2 is 1.19 bits per heavy atom. The van der Waals surface area contributed by atoms with Gasteiger partial charge >= 0.3 is 23.9 Å². The van der Waals surface area contributed by atoms with Crippen LogP contribution in [0.2, 0.25) is 0 Å². The van der Waals surface area contributed by atoms with Crippen LogP contribution in [0.25, 0.3) is 0 Å². The third-order valence-electron chi connectivity index (χ3n) is 9.19. The molecule has 2 bridgehead atoms. The van der Waals surface area contributed by atoms with Crippen molar-refractivity contribution in [2.45, 2.75) is 45.7 Å². The number of rotatable bonds is 1. The first-order valence-corrected chi connectivity index (χ1v) is 11.2. The van der Waals surface area contributed by atoms with Crippen LogP contribution in [-0.4, -0.2) is 35.5 Å². The topological polar surface area (TPSA) is 105 Å². The van der Waals surface area contributed by atoms with Gasteiger partial charge < -0.3 is 18.9 Å². The SMILES string of the molecule is CC1(C)OC(=O)C(=C2[C@@H]3[C@H]4C[C@@H]5[C@@H]6[C@@H]4[C@H]2[C@H]6[C@@H](C2C(=O)OC(C)(C)OC2=O)[C@@H]53)C(=O)O1. The van der Waals surface area contributed by atoms with Crippen LogP contribution in [0.5, 0.6) is 0 Å². The van der Waals surface area contributed by atoms with Gasteiger partial charge in [0, 0.05) is 27.7 Å². The molecule has 2 aliphatic heterocycles. The molecule has 0 N–H and O–H groups in total. The van der Waals surface area contributed by atoms with Crippen LogP contribution in [0, 0.1) is 59.2 Å². The van der Waals surface area contributed by atoms with E-state index in [2.05, 4.69) is 0 Å². The van der Waals surface area contributed by atoms with Crippen LogP contribution in [0.3, 0.4) is 0 Å². The molecule has 5 aliphatic carbocycles. The van der Waals surface area contributed by atoms with Crippen molar-refractivity contribution in [3.63, 3.8) is 0 Å². The van der Waals surface area contributed by atoms with E-state index in [0.29, 0.717) is 23.7 Å². The summed E-state index contributed by atoms with van der Waals surface area (Å²) in [6, 6.07) is 0. The van der Waals surface area contributed by atoms with E-state index in [1.807, 2.05) is 0 Å². The second-order valence-corrected chi connectivity index (χ2v) is 11.2. The molecule has 0 spiro atoms. The number of esters is 4. The maximum Gasteiger partial charge on any atom is 0.348 e. The molecular formula is C23H24O8. The fourth-order valence-electron chi connectivity index (χ4n) is 9.01. The van der Waals surface area contributed by atoms with Gasteiger partial charge in [0.25, 0.3) is 11.6 Å². The fraction of sp³-hybridized carbons (Fsp3) is 0.739. The molecule has 5 saturated carbocycles. The molecule has 8 heteroatoms. The van der Waals surface area contributed by atoms with Crippen LogP contribution < -0.4 is 0 Å². The molecule has 0 amide bonds. The van der Waals surface area contributed by atoms with Gasteiger partial charge in [0.15, 0.2) is 5.92 Å². The molecule has 2 heterocycles. The molecule has 0 aromatic rings. The Labute approximate surface area is 178 Å². The zero-order chi connectivity index (χ0) is 21.8. The van der Waals surface area contributed by atoms with E-state index in [1.54, 1.807) is 27.7 Å². The molecule has 9 atom stereocenters. The minimum atomic E-state index is -1.27. The first-order valence-electron chi connectivity index (χ1n) is 11.2. The summed E-state index contributed by atoms with van der Waals surface area (Å²) in [5.41, 5.74) is 0.937. The minimum Gasteiger partial charge on any atom is -0.422 e. The number of ether oxygens (including phenoxy) is 4. The second kappa shape index (κ2) is 4.99. The Balaban J connectivity index is 1.31. The van der Waals surface area contributed by atoms with E-state index in [0.717, 1.165) is 12.0 Å². The quantitative estimate of drug-likeness (QED) is 0.268. The molecule has 7 fully saturated rings. The molecule has 8 nitrogen and oxygen atoms in total. The number of allylic oxidation sites excluding steroid dienone is 1. The summed E-state index contributed by atoms with van der Waals surface area (Å²) in [4.78, 5) is 51.4. The Kier molecular flexibility index (Phi) is 2.93. The number of hydrogen-bond acceptors (Lipinski definition) is 8. The second-order valence-electron chi connectivity index (χ2n) is 11.2. The lowest BCUT2D eigenvalue weighted by Gasteiger charge is -2.51. The van der Waals surface area contributed by atoms with Crippen molar-refractivity contribution in [1.82, 2.24) is 0 Å². The van der Waals surface area contributed by atoms with Crippen LogP contribution >= 0.6 is 0 Å². The maximum absolute atomic E-state index is 12.9. The van der Waals surface area contributed by atoms with E-state index in [4.69, 9.17) is 18.9 Å². The molecule has 0 radical (unpaired) electrons. The number of cyclic esters (lactones) is 4. The van der Waals surface area contributed by atoms with Gasteiger partial charge in [-0.05, 0) is 65.3 Å². The maximum atomic E-state index is 12.9. The van der Waals surface area contributed by atoms with Gasteiger partial charge in [-0.15, -0.1) is 0 Å². The van der Waals surface area contributed by atoms with Gasteiger partial charge in [0.05, 0.1) is 0 Å². The highest BCUT2D eigenvalue weighted by atomic mass is 16.7. The highest BCUT2D eigenvalue weighted by molar-refractivity contribution is 6.16. The van der Waals surface area contributed by atoms with Crippen LogP contribution in [0.15, 0.2) is 11.1 Å². The van der Waals surface area contributed by atoms with Gasteiger partial charge in [-0.25, -0.2) is 9.59 Å². The third-order valence-corrected chi connectivity index (χ3v) is 9.19. The van der Waals surface area contributed by atoms with Gasteiger partial charge in [-0.3, -0.25) is 9.59 Å². The summed E-state index contributed by atoms with van der Waals surface area (Å²) in [6.45, 7) is 6.21. The lowest BCUT2D eigenvalue weighted by molar-refractivity contribution is -0.246. The summed E-state index contributed by atoms with van der Waals surface area (Å²) >= 11 is 0. The number of hydrogen-bond donors (Lipinski definition) is 0. The van der Waals surface area contributed by atoms with Crippen molar-refractivity contribution in [2.24, 2.45) is 59.2 Å². The predicted octanol–water partition coefficient (Wildman–Crippen LogP) is 1.58. The summed E-state index contributed by atoms with van der Waals surface area (Å²) in [5.74, 6) is -3.92.